The minimum atomic E-state index is -4.39. The van der Waals surface area contributed by atoms with Crippen molar-refractivity contribution < 1.29 is 18.0 Å². The molecule has 5 nitrogen and oxygen atoms in total. The molecule has 0 spiro atoms. The van der Waals surface area contributed by atoms with Crippen LogP contribution in [-0.4, -0.2) is 22.0 Å². The van der Waals surface area contributed by atoms with Crippen molar-refractivity contribution in [1.82, 2.24) is 9.47 Å². The van der Waals surface area contributed by atoms with Gasteiger partial charge >= 0.3 is 12.2 Å². The minimum absolute atomic E-state index is 0.269. The Kier molecular flexibility index (Phi) is 7.78. The number of urea groups is 1. The van der Waals surface area contributed by atoms with Gasteiger partial charge in [-0.25, -0.2) is 4.79 Å². The summed E-state index contributed by atoms with van der Waals surface area (Å²) in [5, 5.41) is 11.8. The van der Waals surface area contributed by atoms with Gasteiger partial charge in [-0.15, -0.1) is 0 Å². The van der Waals surface area contributed by atoms with Crippen molar-refractivity contribution in [2.24, 2.45) is 0 Å². The van der Waals surface area contributed by atoms with E-state index in [1.807, 2.05) is 29.7 Å². The van der Waals surface area contributed by atoms with Gasteiger partial charge < -0.3 is 14.8 Å². The fourth-order valence-electron chi connectivity index (χ4n) is 3.42. The SMILES string of the molecule is CCCCN(Cc1cccn1Cc1cccc(C(F)(F)F)c1)C(=O)Nc1ccc(C#N)cc1. The molecule has 0 aliphatic rings. The van der Waals surface area contributed by atoms with E-state index >= 15 is 0 Å². The molecule has 1 N–H and O–H groups in total. The van der Waals surface area contributed by atoms with E-state index in [1.165, 1.54) is 6.07 Å². The van der Waals surface area contributed by atoms with Crippen molar-refractivity contribution in [1.29, 1.82) is 5.26 Å². The van der Waals surface area contributed by atoms with Crippen LogP contribution in [0.4, 0.5) is 23.7 Å². The summed E-state index contributed by atoms with van der Waals surface area (Å²) >= 11 is 0. The number of nitrogens with zero attached hydrogens (tertiary/aromatic N) is 3. The molecule has 2 amide bonds. The van der Waals surface area contributed by atoms with E-state index in [9.17, 15) is 18.0 Å². The summed E-state index contributed by atoms with van der Waals surface area (Å²) in [6.45, 7) is 3.15. The van der Waals surface area contributed by atoms with Crippen molar-refractivity contribution in [3.05, 3.63) is 89.2 Å². The van der Waals surface area contributed by atoms with Gasteiger partial charge in [-0.05, 0) is 60.5 Å². The number of alkyl halides is 3. The third-order valence-electron chi connectivity index (χ3n) is 5.22. The van der Waals surface area contributed by atoms with E-state index in [1.54, 1.807) is 41.4 Å². The number of aromatic nitrogens is 1. The van der Waals surface area contributed by atoms with Crippen LogP contribution >= 0.6 is 0 Å². The molecule has 2 aromatic carbocycles. The number of carbonyl (C=O) groups is 1. The average molecular weight is 454 g/mol. The first-order valence-electron chi connectivity index (χ1n) is 10.7. The molecule has 8 heteroatoms. The van der Waals surface area contributed by atoms with Crippen LogP contribution in [-0.2, 0) is 19.3 Å². The van der Waals surface area contributed by atoms with Gasteiger partial charge in [0.1, 0.15) is 0 Å². The van der Waals surface area contributed by atoms with E-state index in [-0.39, 0.29) is 12.6 Å². The molecule has 0 radical (unpaired) electrons. The van der Waals surface area contributed by atoms with E-state index in [2.05, 4.69) is 5.32 Å². The number of amides is 2. The van der Waals surface area contributed by atoms with Gasteiger partial charge in [-0.1, -0.05) is 25.5 Å². The number of anilines is 1. The van der Waals surface area contributed by atoms with E-state index < -0.39 is 11.7 Å². The number of halogens is 3. The molecule has 0 unspecified atom stereocenters. The maximum absolute atomic E-state index is 13.1. The summed E-state index contributed by atoms with van der Waals surface area (Å²) in [4.78, 5) is 14.6. The first-order chi connectivity index (χ1) is 15.8. The van der Waals surface area contributed by atoms with Crippen molar-refractivity contribution in [3.63, 3.8) is 0 Å². The monoisotopic (exact) mass is 454 g/mol. The molecule has 0 saturated heterocycles. The van der Waals surface area contributed by atoms with Crippen LogP contribution in [0.25, 0.3) is 0 Å². The first-order valence-corrected chi connectivity index (χ1v) is 10.7. The van der Waals surface area contributed by atoms with Gasteiger partial charge in [0.05, 0.1) is 23.7 Å². The van der Waals surface area contributed by atoms with Crippen LogP contribution in [0.5, 0.6) is 0 Å². The normalized spacial score (nSPS) is 11.1. The Hall–Kier alpha value is -3.73. The summed E-state index contributed by atoms with van der Waals surface area (Å²) in [6.07, 6.45) is -0.872. The maximum Gasteiger partial charge on any atom is 0.416 e. The highest BCUT2D eigenvalue weighted by Gasteiger charge is 2.30. The highest BCUT2D eigenvalue weighted by Crippen LogP contribution is 2.29. The number of unbranched alkanes of at least 4 members (excludes halogenated alkanes) is 1. The Bertz CT molecular complexity index is 1110. The lowest BCUT2D eigenvalue weighted by atomic mass is 10.1. The smallest absolute Gasteiger partial charge is 0.345 e. The molecule has 3 rings (SSSR count). The molecule has 0 aliphatic heterocycles. The Labute approximate surface area is 191 Å². The van der Waals surface area contributed by atoms with Gasteiger partial charge in [0.25, 0.3) is 0 Å². The van der Waals surface area contributed by atoms with Crippen molar-refractivity contribution >= 4 is 11.7 Å². The Morgan fingerprint density at radius 2 is 1.88 bits per heavy atom. The number of hydrogen-bond acceptors (Lipinski definition) is 2. The quantitative estimate of drug-likeness (QED) is 0.437. The second-order valence-electron chi connectivity index (χ2n) is 7.72. The molecular weight excluding hydrogens is 429 g/mol. The second-order valence-corrected chi connectivity index (χ2v) is 7.72. The largest absolute Gasteiger partial charge is 0.416 e. The van der Waals surface area contributed by atoms with Gasteiger partial charge in [0, 0.05) is 30.7 Å². The molecule has 1 heterocycles. The van der Waals surface area contributed by atoms with Crippen LogP contribution < -0.4 is 5.32 Å². The molecule has 0 fully saturated rings. The fraction of sp³-hybridized carbons (Fsp3) is 0.280. The summed E-state index contributed by atoms with van der Waals surface area (Å²) in [6, 6.07) is 17.3. The number of carbonyl (C=O) groups excluding carboxylic acids is 1. The first kappa shape index (κ1) is 23.9. The number of rotatable bonds is 8. The molecule has 172 valence electrons. The number of nitrogens with one attached hydrogen (secondary N) is 1. The van der Waals surface area contributed by atoms with Gasteiger partial charge in [0.2, 0.25) is 0 Å². The molecule has 0 bridgehead atoms. The molecule has 0 saturated carbocycles. The second kappa shape index (κ2) is 10.7. The van der Waals surface area contributed by atoms with E-state index in [0.29, 0.717) is 29.9 Å². The van der Waals surface area contributed by atoms with Crippen molar-refractivity contribution in [3.8, 4) is 6.07 Å². The Morgan fingerprint density at radius 1 is 1.12 bits per heavy atom. The average Bonchev–Trinajstić information content (AvgIpc) is 3.23. The number of hydrogen-bond donors (Lipinski definition) is 1. The summed E-state index contributed by atoms with van der Waals surface area (Å²) in [5.41, 5.74) is 1.76. The number of nitriles is 1. The summed E-state index contributed by atoms with van der Waals surface area (Å²) in [5.74, 6) is 0. The van der Waals surface area contributed by atoms with Crippen LogP contribution in [0, 0.1) is 11.3 Å². The highest BCUT2D eigenvalue weighted by molar-refractivity contribution is 5.89. The van der Waals surface area contributed by atoms with Crippen molar-refractivity contribution in [2.45, 2.75) is 39.0 Å². The highest BCUT2D eigenvalue weighted by atomic mass is 19.4. The zero-order valence-corrected chi connectivity index (χ0v) is 18.3. The lowest BCUT2D eigenvalue weighted by molar-refractivity contribution is -0.137. The molecule has 1 aromatic heterocycles. The zero-order chi connectivity index (χ0) is 23.8. The predicted molar refractivity (Wildman–Crippen MR) is 120 cm³/mol. The molecule has 33 heavy (non-hydrogen) atoms. The maximum atomic E-state index is 13.1. The fourth-order valence-corrected chi connectivity index (χ4v) is 3.42. The van der Waals surface area contributed by atoms with Gasteiger partial charge in [-0.3, -0.25) is 0 Å². The van der Waals surface area contributed by atoms with Gasteiger partial charge in [0.15, 0.2) is 0 Å². The predicted octanol–water partition coefficient (Wildman–Crippen LogP) is 6.26. The Morgan fingerprint density at radius 3 is 2.55 bits per heavy atom. The molecular formula is C25H25F3N4O. The van der Waals surface area contributed by atoms with Crippen molar-refractivity contribution in [2.75, 3.05) is 11.9 Å². The third-order valence-corrected chi connectivity index (χ3v) is 5.22. The standard InChI is InChI=1S/C25H25F3N4O/c1-2-3-13-32(24(33)30-22-11-9-19(16-29)10-12-22)18-23-8-5-14-31(23)17-20-6-4-7-21(15-20)25(26,27)28/h4-12,14-15H,2-3,13,17-18H2,1H3,(H,30,33). The third kappa shape index (κ3) is 6.62. The minimum Gasteiger partial charge on any atom is -0.345 e. The molecule has 3 aromatic rings. The van der Waals surface area contributed by atoms with Crippen LogP contribution in [0.3, 0.4) is 0 Å². The number of benzene rings is 2. The van der Waals surface area contributed by atoms with Gasteiger partial charge in [-0.2, -0.15) is 18.4 Å². The summed E-state index contributed by atoms with van der Waals surface area (Å²) in [7, 11) is 0. The zero-order valence-electron chi connectivity index (χ0n) is 18.3. The summed E-state index contributed by atoms with van der Waals surface area (Å²) < 4.78 is 41.0. The molecule has 0 atom stereocenters. The van der Waals surface area contributed by atoms with Crippen LogP contribution in [0.15, 0.2) is 66.9 Å². The van der Waals surface area contributed by atoms with E-state index in [4.69, 9.17) is 5.26 Å². The Balaban J connectivity index is 1.74. The van der Waals surface area contributed by atoms with Crippen LogP contribution in [0.2, 0.25) is 0 Å². The van der Waals surface area contributed by atoms with E-state index in [0.717, 1.165) is 30.7 Å². The lowest BCUT2D eigenvalue weighted by Crippen LogP contribution is -2.36. The molecule has 0 aliphatic carbocycles. The lowest BCUT2D eigenvalue weighted by Gasteiger charge is -2.24. The van der Waals surface area contributed by atoms with Crippen LogP contribution in [0.1, 0.15) is 42.1 Å². The topological polar surface area (TPSA) is 61.1 Å².